The summed E-state index contributed by atoms with van der Waals surface area (Å²) in [5.74, 6) is 2.98. The van der Waals surface area contributed by atoms with E-state index in [1.165, 1.54) is 0 Å². The van der Waals surface area contributed by atoms with Gasteiger partial charge in [-0.25, -0.2) is 9.97 Å². The first-order chi connectivity index (χ1) is 19.7. The molecular weight excluding hydrogens is 591 g/mol. The Hall–Kier alpha value is -2.37. The number of rotatable bonds is 3. The number of aromatic nitrogens is 2. The molecule has 224 valence electrons. The van der Waals surface area contributed by atoms with Gasteiger partial charge in [0.15, 0.2) is 0 Å². The minimum Gasteiger partial charge on any atom is -0.378 e. The lowest BCUT2D eigenvalue weighted by Gasteiger charge is -2.29. The van der Waals surface area contributed by atoms with Crippen LogP contribution in [0, 0.1) is 11.8 Å². The monoisotopic (exact) mass is 626 g/mol. The minimum atomic E-state index is 0.0719. The predicted molar refractivity (Wildman–Crippen MR) is 162 cm³/mol. The molecule has 2 aromatic heterocycles. The van der Waals surface area contributed by atoms with E-state index in [4.69, 9.17) is 44.3 Å². The van der Waals surface area contributed by atoms with Crippen LogP contribution in [-0.4, -0.2) is 87.5 Å². The van der Waals surface area contributed by atoms with Gasteiger partial charge in [0.05, 0.1) is 26.4 Å². The number of carbonyl (C=O) groups excluding carboxylic acids is 2. The molecule has 4 aliphatic rings. The standard InChI is InChI=1S/C14H18ClN3O2.C9H10Cl2N2O.C5H9NO/c1-10-2-3-18(14(10)19)13-9-11(15)8-12(16-13)17-4-6-20-7-5-17;10-7-5-8(11)12-9(6-7)13-1-3-14-4-2-13;1-4-2-3-6-5(4)7/h8-10H,2-7H2,1H3;5-6H,1-4H2;4H,2-3H2,1H3,(H,6,7)/t10-;;4-/m0.0/s1. The molecule has 0 bridgehead atoms. The number of amides is 2. The first-order valence-corrected chi connectivity index (χ1v) is 15.1. The Morgan fingerprint density at radius 3 is 1.71 bits per heavy atom. The van der Waals surface area contributed by atoms with E-state index in [1.54, 1.807) is 17.0 Å². The topological polar surface area (TPSA) is 100 Å². The smallest absolute Gasteiger partial charge is 0.231 e. The number of halogens is 3. The van der Waals surface area contributed by atoms with Crippen molar-refractivity contribution in [1.29, 1.82) is 0 Å². The third-order valence-electron chi connectivity index (χ3n) is 7.25. The molecule has 0 aromatic carbocycles. The molecule has 4 fully saturated rings. The van der Waals surface area contributed by atoms with Crippen molar-refractivity contribution < 1.29 is 19.1 Å². The summed E-state index contributed by atoms with van der Waals surface area (Å²) in [4.78, 5) is 37.4. The lowest BCUT2D eigenvalue weighted by molar-refractivity contribution is -0.122. The number of morpholine rings is 2. The predicted octanol–water partition coefficient (Wildman–Crippen LogP) is 4.31. The van der Waals surface area contributed by atoms with Crippen LogP contribution in [-0.2, 0) is 19.1 Å². The lowest BCUT2D eigenvalue weighted by Crippen LogP contribution is -2.37. The van der Waals surface area contributed by atoms with Crippen LogP contribution in [0.3, 0.4) is 0 Å². The third-order valence-corrected chi connectivity index (χ3v) is 7.88. The Morgan fingerprint density at radius 1 is 0.732 bits per heavy atom. The van der Waals surface area contributed by atoms with Gasteiger partial charge in [-0.3, -0.25) is 14.5 Å². The van der Waals surface area contributed by atoms with Gasteiger partial charge in [0.25, 0.3) is 0 Å². The first-order valence-electron chi connectivity index (χ1n) is 14.0. The van der Waals surface area contributed by atoms with Gasteiger partial charge in [-0.15, -0.1) is 0 Å². The van der Waals surface area contributed by atoms with Crippen molar-refractivity contribution in [2.45, 2.75) is 26.7 Å². The summed E-state index contributed by atoms with van der Waals surface area (Å²) < 4.78 is 10.6. The highest BCUT2D eigenvalue weighted by Crippen LogP contribution is 2.29. The molecular formula is C28H37Cl3N6O4. The van der Waals surface area contributed by atoms with Gasteiger partial charge < -0.3 is 24.6 Å². The number of hydrogen-bond acceptors (Lipinski definition) is 8. The minimum absolute atomic E-state index is 0.0719. The van der Waals surface area contributed by atoms with Crippen LogP contribution in [0.1, 0.15) is 26.7 Å². The van der Waals surface area contributed by atoms with Crippen LogP contribution in [0.15, 0.2) is 24.3 Å². The number of hydrogen-bond donors (Lipinski definition) is 1. The average molecular weight is 628 g/mol. The zero-order valence-electron chi connectivity index (χ0n) is 23.5. The highest BCUT2D eigenvalue weighted by Gasteiger charge is 2.30. The maximum absolute atomic E-state index is 12.1. The van der Waals surface area contributed by atoms with E-state index >= 15 is 0 Å². The second kappa shape index (κ2) is 15.2. The molecule has 2 aromatic rings. The summed E-state index contributed by atoms with van der Waals surface area (Å²) in [6, 6.07) is 7.06. The van der Waals surface area contributed by atoms with E-state index in [1.807, 2.05) is 26.0 Å². The van der Waals surface area contributed by atoms with E-state index in [9.17, 15) is 9.59 Å². The number of nitrogens with one attached hydrogen (secondary N) is 1. The van der Waals surface area contributed by atoms with Crippen molar-refractivity contribution in [3.05, 3.63) is 39.5 Å². The Morgan fingerprint density at radius 2 is 1.27 bits per heavy atom. The fraction of sp³-hybridized carbons (Fsp3) is 0.571. The summed E-state index contributed by atoms with van der Waals surface area (Å²) in [7, 11) is 0. The van der Waals surface area contributed by atoms with Crippen molar-refractivity contribution in [3.8, 4) is 0 Å². The van der Waals surface area contributed by atoms with E-state index in [0.29, 0.717) is 34.2 Å². The SMILES string of the molecule is C[C@H]1CCN(c2cc(Cl)cc(N3CCOCC3)n2)C1=O.C[C@H]1CCNC1=O.Clc1cc(Cl)nc(N2CCOCC2)c1. The normalized spacial score (nSPS) is 22.5. The van der Waals surface area contributed by atoms with Crippen LogP contribution in [0.2, 0.25) is 15.2 Å². The summed E-state index contributed by atoms with van der Waals surface area (Å²) >= 11 is 17.9. The second-order valence-corrected chi connectivity index (χ2v) is 11.6. The van der Waals surface area contributed by atoms with Crippen LogP contribution in [0.25, 0.3) is 0 Å². The molecule has 2 atom stereocenters. The maximum atomic E-state index is 12.1. The Labute approximate surface area is 256 Å². The Kier molecular flexibility index (Phi) is 11.7. The van der Waals surface area contributed by atoms with Crippen LogP contribution in [0.4, 0.5) is 17.5 Å². The van der Waals surface area contributed by atoms with Gasteiger partial charge in [-0.2, -0.15) is 0 Å². The van der Waals surface area contributed by atoms with Crippen molar-refractivity contribution in [2.24, 2.45) is 11.8 Å². The highest BCUT2D eigenvalue weighted by molar-refractivity contribution is 6.34. The fourth-order valence-corrected chi connectivity index (χ4v) is 5.39. The number of pyridine rings is 2. The van der Waals surface area contributed by atoms with Crippen LogP contribution in [0.5, 0.6) is 0 Å². The first kappa shape index (κ1) is 31.6. The molecule has 6 rings (SSSR count). The molecule has 2 amide bonds. The molecule has 10 nitrogen and oxygen atoms in total. The van der Waals surface area contributed by atoms with E-state index in [2.05, 4.69) is 25.1 Å². The highest BCUT2D eigenvalue weighted by atomic mass is 35.5. The van der Waals surface area contributed by atoms with Crippen molar-refractivity contribution in [2.75, 3.05) is 80.4 Å². The maximum Gasteiger partial charge on any atom is 0.231 e. The third kappa shape index (κ3) is 9.06. The summed E-state index contributed by atoms with van der Waals surface area (Å²) in [6.07, 6.45) is 1.89. The van der Waals surface area contributed by atoms with E-state index in [0.717, 1.165) is 77.0 Å². The molecule has 4 saturated heterocycles. The quantitative estimate of drug-likeness (QED) is 0.503. The average Bonchev–Trinajstić information content (AvgIpc) is 3.52. The lowest BCUT2D eigenvalue weighted by atomic mass is 10.1. The van der Waals surface area contributed by atoms with E-state index in [-0.39, 0.29) is 23.7 Å². The van der Waals surface area contributed by atoms with E-state index < -0.39 is 0 Å². The van der Waals surface area contributed by atoms with Crippen LogP contribution < -0.4 is 20.0 Å². The number of carbonyl (C=O) groups is 2. The summed E-state index contributed by atoms with van der Waals surface area (Å²) in [5.41, 5.74) is 0. The molecule has 4 aliphatic heterocycles. The number of anilines is 3. The van der Waals surface area contributed by atoms with Crippen molar-refractivity contribution in [1.82, 2.24) is 15.3 Å². The van der Waals surface area contributed by atoms with Gasteiger partial charge in [0, 0.05) is 61.1 Å². The molecule has 6 heterocycles. The summed E-state index contributed by atoms with van der Waals surface area (Å²) in [5, 5.41) is 4.39. The van der Waals surface area contributed by atoms with Crippen molar-refractivity contribution >= 4 is 64.1 Å². The fourth-order valence-electron chi connectivity index (χ4n) is 4.74. The van der Waals surface area contributed by atoms with Crippen molar-refractivity contribution in [3.63, 3.8) is 0 Å². The van der Waals surface area contributed by atoms with Gasteiger partial charge in [0.1, 0.15) is 22.6 Å². The molecule has 41 heavy (non-hydrogen) atoms. The summed E-state index contributed by atoms with van der Waals surface area (Å²) in [6.45, 7) is 11.6. The molecule has 0 unspecified atom stereocenters. The molecule has 0 radical (unpaired) electrons. The second-order valence-electron chi connectivity index (χ2n) is 10.3. The van der Waals surface area contributed by atoms with Gasteiger partial charge in [-0.05, 0) is 37.1 Å². The van der Waals surface area contributed by atoms with Crippen LogP contribution >= 0.6 is 34.8 Å². The molecule has 0 saturated carbocycles. The van der Waals surface area contributed by atoms with Gasteiger partial charge in [-0.1, -0.05) is 48.7 Å². The number of ether oxygens (including phenoxy) is 2. The zero-order chi connectivity index (χ0) is 29.4. The number of nitrogens with zero attached hydrogens (tertiary/aromatic N) is 5. The Bertz CT molecular complexity index is 1170. The van der Waals surface area contributed by atoms with Gasteiger partial charge >= 0.3 is 0 Å². The molecule has 0 spiro atoms. The molecule has 13 heteroatoms. The molecule has 1 N–H and O–H groups in total. The van der Waals surface area contributed by atoms with Gasteiger partial charge in [0.2, 0.25) is 11.8 Å². The largest absolute Gasteiger partial charge is 0.378 e. The molecule has 0 aliphatic carbocycles. The Balaban J connectivity index is 0.000000159. The zero-order valence-corrected chi connectivity index (χ0v) is 25.7.